The van der Waals surface area contributed by atoms with E-state index in [0.29, 0.717) is 0 Å². The van der Waals surface area contributed by atoms with Crippen LogP contribution in [0.25, 0.3) is 11.1 Å². The molecule has 1 spiro atoms. The number of hydrogen-bond donors (Lipinski definition) is 1. The smallest absolute Gasteiger partial charge is 0.0981 e. The summed E-state index contributed by atoms with van der Waals surface area (Å²) in [5.41, 5.74) is 5.55. The van der Waals surface area contributed by atoms with Gasteiger partial charge in [0.1, 0.15) is 0 Å². The molecule has 0 bridgehead atoms. The molecule has 1 aromatic carbocycles. The van der Waals surface area contributed by atoms with Crippen molar-refractivity contribution in [2.75, 3.05) is 6.54 Å². The van der Waals surface area contributed by atoms with Crippen LogP contribution in [0.1, 0.15) is 17.5 Å². The van der Waals surface area contributed by atoms with E-state index in [-0.39, 0.29) is 5.54 Å². The Balaban J connectivity index is 1.80. The van der Waals surface area contributed by atoms with Crippen molar-refractivity contribution in [3.8, 4) is 11.1 Å². The Morgan fingerprint density at radius 3 is 3.05 bits per heavy atom. The normalized spacial score (nSPS) is 24.4. The summed E-state index contributed by atoms with van der Waals surface area (Å²) in [4.78, 5) is 4.37. The van der Waals surface area contributed by atoms with Crippen LogP contribution in [-0.2, 0) is 12.8 Å². The van der Waals surface area contributed by atoms with Gasteiger partial charge in [0, 0.05) is 5.56 Å². The number of hydrogen-bond acceptors (Lipinski definition) is 3. The van der Waals surface area contributed by atoms with Crippen LogP contribution in [0.3, 0.4) is 0 Å². The fourth-order valence-electron chi connectivity index (χ4n) is 3.27. The van der Waals surface area contributed by atoms with E-state index < -0.39 is 0 Å². The van der Waals surface area contributed by atoms with Crippen molar-refractivity contribution in [1.29, 1.82) is 0 Å². The van der Waals surface area contributed by atoms with Crippen LogP contribution in [0.2, 0.25) is 0 Å². The number of nitrogens with one attached hydrogen (secondary N) is 1. The molecule has 96 valence electrons. The molecule has 2 aliphatic rings. The number of fused-ring (bicyclic) bond motifs is 1. The predicted octanol–water partition coefficient (Wildman–Crippen LogP) is 2.81. The molecular formula is C16H16N2O. The lowest BCUT2D eigenvalue weighted by Crippen LogP contribution is -2.48. The second kappa shape index (κ2) is 3.98. The van der Waals surface area contributed by atoms with E-state index in [9.17, 15) is 0 Å². The van der Waals surface area contributed by atoms with Gasteiger partial charge in [0.25, 0.3) is 0 Å². The summed E-state index contributed by atoms with van der Waals surface area (Å²) in [6, 6.07) is 8.63. The second-order valence-corrected chi connectivity index (χ2v) is 5.53. The van der Waals surface area contributed by atoms with Crippen molar-refractivity contribution in [2.24, 2.45) is 4.99 Å². The molecule has 0 saturated heterocycles. The zero-order valence-corrected chi connectivity index (χ0v) is 10.7. The summed E-state index contributed by atoms with van der Waals surface area (Å²) in [7, 11) is 0. The lowest BCUT2D eigenvalue weighted by atomic mass is 9.76. The van der Waals surface area contributed by atoms with Gasteiger partial charge in [-0.15, -0.1) is 0 Å². The first kappa shape index (κ1) is 10.9. The molecule has 1 unspecified atom stereocenters. The third kappa shape index (κ3) is 1.69. The topological polar surface area (TPSA) is 37.5 Å². The molecule has 19 heavy (non-hydrogen) atoms. The minimum atomic E-state index is 0.146. The van der Waals surface area contributed by atoms with Gasteiger partial charge in [0.05, 0.1) is 30.9 Å². The highest BCUT2D eigenvalue weighted by Gasteiger charge is 2.36. The van der Waals surface area contributed by atoms with Gasteiger partial charge in [-0.1, -0.05) is 18.2 Å². The molecule has 2 heterocycles. The largest absolute Gasteiger partial charge is 0.472 e. The van der Waals surface area contributed by atoms with Crippen molar-refractivity contribution >= 4 is 6.34 Å². The van der Waals surface area contributed by atoms with E-state index in [1.165, 1.54) is 22.3 Å². The zero-order valence-electron chi connectivity index (χ0n) is 10.7. The molecule has 1 N–H and O–H groups in total. The Hall–Kier alpha value is -2.03. The fraction of sp³-hybridized carbons (Fsp3) is 0.312. The van der Waals surface area contributed by atoms with Gasteiger partial charge in [0.15, 0.2) is 0 Å². The standard InChI is InChI=1S/C16H16N2O/c1-2-12-4-6-16(10-17-11-18-16)8-15(12)14(3-1)13-5-7-19-9-13/h1-3,5,7,9,11H,4,6,8,10H2,(H,17,18). The number of aliphatic imine (C=N–C) groups is 1. The average molecular weight is 252 g/mol. The molecule has 2 aromatic rings. The molecule has 3 heteroatoms. The first-order valence-electron chi connectivity index (χ1n) is 6.76. The van der Waals surface area contributed by atoms with Crippen LogP contribution in [0.5, 0.6) is 0 Å². The molecule has 1 atom stereocenters. The van der Waals surface area contributed by atoms with Crippen molar-refractivity contribution in [3.05, 3.63) is 47.9 Å². The maximum atomic E-state index is 5.24. The third-order valence-electron chi connectivity index (χ3n) is 4.35. The third-order valence-corrected chi connectivity index (χ3v) is 4.35. The lowest BCUT2D eigenvalue weighted by molar-refractivity contribution is 0.364. The van der Waals surface area contributed by atoms with Gasteiger partial charge >= 0.3 is 0 Å². The number of aryl methyl sites for hydroxylation is 1. The van der Waals surface area contributed by atoms with Crippen molar-refractivity contribution in [2.45, 2.75) is 24.8 Å². The van der Waals surface area contributed by atoms with E-state index in [0.717, 1.165) is 25.8 Å². The highest BCUT2D eigenvalue weighted by atomic mass is 16.3. The first-order chi connectivity index (χ1) is 9.36. The van der Waals surface area contributed by atoms with E-state index in [4.69, 9.17) is 4.42 Å². The number of nitrogens with zero attached hydrogens (tertiary/aromatic N) is 1. The highest BCUT2D eigenvalue weighted by molar-refractivity contribution is 5.69. The lowest BCUT2D eigenvalue weighted by Gasteiger charge is -2.35. The Labute approximate surface area is 112 Å². The maximum absolute atomic E-state index is 5.24. The Bertz CT molecular complexity index is 620. The Morgan fingerprint density at radius 2 is 2.26 bits per heavy atom. The second-order valence-electron chi connectivity index (χ2n) is 5.53. The molecular weight excluding hydrogens is 236 g/mol. The molecule has 1 aliphatic heterocycles. The van der Waals surface area contributed by atoms with Gasteiger partial charge in [-0.25, -0.2) is 0 Å². The molecule has 0 amide bonds. The van der Waals surface area contributed by atoms with Crippen molar-refractivity contribution in [1.82, 2.24) is 5.32 Å². The monoisotopic (exact) mass is 252 g/mol. The summed E-state index contributed by atoms with van der Waals surface area (Å²) in [5.74, 6) is 0. The van der Waals surface area contributed by atoms with E-state index in [1.54, 1.807) is 6.26 Å². The summed E-state index contributed by atoms with van der Waals surface area (Å²) in [6.07, 6.45) is 8.76. The van der Waals surface area contributed by atoms with Crippen LogP contribution in [-0.4, -0.2) is 18.4 Å². The van der Waals surface area contributed by atoms with Crippen molar-refractivity contribution in [3.63, 3.8) is 0 Å². The van der Waals surface area contributed by atoms with Crippen LogP contribution in [0, 0.1) is 0 Å². The van der Waals surface area contributed by atoms with Crippen molar-refractivity contribution < 1.29 is 4.42 Å². The average Bonchev–Trinajstić information content (AvgIpc) is 3.10. The zero-order chi connectivity index (χ0) is 12.7. The molecule has 0 fully saturated rings. The van der Waals surface area contributed by atoms with Crippen LogP contribution in [0.4, 0.5) is 0 Å². The fourth-order valence-corrected chi connectivity index (χ4v) is 3.27. The molecule has 3 nitrogen and oxygen atoms in total. The predicted molar refractivity (Wildman–Crippen MR) is 75.4 cm³/mol. The summed E-state index contributed by atoms with van der Waals surface area (Å²) < 4.78 is 5.24. The summed E-state index contributed by atoms with van der Waals surface area (Å²) in [6.45, 7) is 0.895. The van der Waals surface area contributed by atoms with Gasteiger partial charge in [0.2, 0.25) is 0 Å². The number of benzene rings is 1. The van der Waals surface area contributed by atoms with Crippen LogP contribution in [0.15, 0.2) is 46.2 Å². The summed E-state index contributed by atoms with van der Waals surface area (Å²) >= 11 is 0. The Kier molecular flexibility index (Phi) is 2.28. The summed E-state index contributed by atoms with van der Waals surface area (Å²) in [5, 5.41) is 3.47. The van der Waals surface area contributed by atoms with E-state index in [1.807, 2.05) is 18.7 Å². The van der Waals surface area contributed by atoms with E-state index in [2.05, 4.69) is 28.5 Å². The van der Waals surface area contributed by atoms with Gasteiger partial charge in [-0.2, -0.15) is 0 Å². The molecule has 0 saturated carbocycles. The van der Waals surface area contributed by atoms with Gasteiger partial charge < -0.3 is 9.73 Å². The van der Waals surface area contributed by atoms with Gasteiger partial charge in [-0.3, -0.25) is 4.99 Å². The molecule has 1 aliphatic carbocycles. The van der Waals surface area contributed by atoms with Crippen LogP contribution < -0.4 is 5.32 Å². The minimum absolute atomic E-state index is 0.146. The molecule has 4 rings (SSSR count). The molecule has 0 radical (unpaired) electrons. The van der Waals surface area contributed by atoms with E-state index >= 15 is 0 Å². The first-order valence-corrected chi connectivity index (χ1v) is 6.76. The SMILES string of the molecule is C1=NCC2(CCc3cccc(-c4ccoc4)c3C2)N1. The number of furan rings is 1. The number of rotatable bonds is 1. The minimum Gasteiger partial charge on any atom is -0.472 e. The van der Waals surface area contributed by atoms with Gasteiger partial charge in [-0.05, 0) is 42.0 Å². The molecule has 1 aromatic heterocycles. The quantitative estimate of drug-likeness (QED) is 0.847. The Morgan fingerprint density at radius 1 is 1.26 bits per heavy atom. The maximum Gasteiger partial charge on any atom is 0.0981 e. The van der Waals surface area contributed by atoms with Crippen LogP contribution >= 0.6 is 0 Å². The highest BCUT2D eigenvalue weighted by Crippen LogP contribution is 2.36.